The number of hydrogen-bond acceptors (Lipinski definition) is 5. The van der Waals surface area contributed by atoms with Crippen LogP contribution in [0.1, 0.15) is 85.0 Å². The zero-order chi connectivity index (χ0) is 23.8. The molecule has 192 valence electrons. The molecule has 0 amide bonds. The highest BCUT2D eigenvalue weighted by atomic mass is 16.3. The molecule has 4 fully saturated rings. The molecule has 0 spiro atoms. The Hall–Kier alpha value is -0.200. The first-order valence-corrected chi connectivity index (χ1v) is 14.1. The first kappa shape index (κ1) is 25.9. The van der Waals surface area contributed by atoms with Crippen LogP contribution in [0.3, 0.4) is 0 Å². The lowest BCUT2D eigenvalue weighted by atomic mass is 9.43. The molecule has 4 rings (SSSR count). The van der Waals surface area contributed by atoms with Crippen LogP contribution in [0.4, 0.5) is 0 Å². The Labute approximate surface area is 202 Å². The second kappa shape index (κ2) is 10.4. The third-order valence-corrected chi connectivity index (χ3v) is 11.5. The maximum absolute atomic E-state index is 11.7. The molecule has 4 aliphatic carbocycles. The molecule has 5 heteroatoms. The van der Waals surface area contributed by atoms with Crippen molar-refractivity contribution in [3.63, 3.8) is 0 Å². The van der Waals surface area contributed by atoms with E-state index in [-0.39, 0.29) is 24.7 Å². The molecule has 0 aromatic rings. The van der Waals surface area contributed by atoms with E-state index in [9.17, 15) is 15.3 Å². The average molecular weight is 465 g/mol. The lowest BCUT2D eigenvalue weighted by Crippen LogP contribution is -2.59. The van der Waals surface area contributed by atoms with Crippen LogP contribution in [0.25, 0.3) is 0 Å². The van der Waals surface area contributed by atoms with Gasteiger partial charge in [-0.15, -0.1) is 0 Å². The number of rotatable bonds is 9. The number of nitrogens with two attached hydrogens (primary N) is 1. The minimum atomic E-state index is -0.176. The fourth-order valence-corrected chi connectivity index (χ4v) is 9.67. The van der Waals surface area contributed by atoms with Crippen LogP contribution in [0, 0.1) is 46.3 Å². The molecule has 0 aromatic heterocycles. The number of fused-ring (bicyclic) bond motifs is 5. The maximum Gasteiger partial charge on any atom is 0.0602 e. The monoisotopic (exact) mass is 464 g/mol. The summed E-state index contributed by atoms with van der Waals surface area (Å²) in [6, 6.07) is 0.390. The molecule has 0 heterocycles. The molecule has 0 radical (unpaired) electrons. The molecule has 0 bridgehead atoms. The van der Waals surface area contributed by atoms with Crippen LogP contribution >= 0.6 is 0 Å². The van der Waals surface area contributed by atoms with Crippen molar-refractivity contribution in [2.24, 2.45) is 52.1 Å². The Kier molecular flexibility index (Phi) is 8.17. The van der Waals surface area contributed by atoms with Crippen LogP contribution in [-0.4, -0.2) is 65.2 Å². The van der Waals surface area contributed by atoms with Crippen molar-refractivity contribution < 1.29 is 15.3 Å². The summed E-state index contributed by atoms with van der Waals surface area (Å²) in [6.45, 7) is 9.94. The van der Waals surface area contributed by atoms with Crippen molar-refractivity contribution in [2.75, 3.05) is 32.8 Å². The van der Waals surface area contributed by atoms with Gasteiger partial charge in [-0.3, -0.25) is 4.90 Å². The number of nitrogens with zero attached hydrogens (tertiary/aromatic N) is 1. The van der Waals surface area contributed by atoms with Gasteiger partial charge in [-0.1, -0.05) is 20.8 Å². The van der Waals surface area contributed by atoms with Gasteiger partial charge in [0.15, 0.2) is 0 Å². The minimum Gasteiger partial charge on any atom is -0.395 e. The molecule has 4 aliphatic rings. The van der Waals surface area contributed by atoms with Crippen LogP contribution in [-0.2, 0) is 0 Å². The average Bonchev–Trinajstić information content (AvgIpc) is 3.14. The van der Waals surface area contributed by atoms with Gasteiger partial charge in [0.1, 0.15) is 0 Å². The second-order valence-electron chi connectivity index (χ2n) is 12.9. The fraction of sp³-hybridized carbons (Fsp3) is 1.00. The Morgan fingerprint density at radius 3 is 2.36 bits per heavy atom. The third kappa shape index (κ3) is 4.67. The Bertz CT molecular complexity index is 641. The predicted octanol–water partition coefficient (Wildman–Crippen LogP) is 3.65. The first-order chi connectivity index (χ1) is 15.8. The summed E-state index contributed by atoms with van der Waals surface area (Å²) in [5, 5.41) is 30.3. The normalized spacial score (nSPS) is 46.0. The lowest BCUT2D eigenvalue weighted by molar-refractivity contribution is -0.169. The van der Waals surface area contributed by atoms with Crippen molar-refractivity contribution in [2.45, 2.75) is 97.1 Å². The van der Waals surface area contributed by atoms with Crippen molar-refractivity contribution in [1.82, 2.24) is 4.90 Å². The smallest absolute Gasteiger partial charge is 0.0602 e. The number of aliphatic hydroxyl groups excluding tert-OH is 3. The summed E-state index contributed by atoms with van der Waals surface area (Å²) in [5.41, 5.74) is 6.81. The number of aliphatic hydroxyl groups is 3. The lowest BCUT2D eigenvalue weighted by Gasteiger charge is -2.62. The summed E-state index contributed by atoms with van der Waals surface area (Å²) in [5.74, 6) is 4.11. The Balaban J connectivity index is 1.42. The van der Waals surface area contributed by atoms with E-state index in [0.717, 1.165) is 37.6 Å². The van der Waals surface area contributed by atoms with Crippen molar-refractivity contribution in [3.8, 4) is 0 Å². The van der Waals surface area contributed by atoms with Crippen molar-refractivity contribution in [3.05, 3.63) is 0 Å². The molecule has 0 unspecified atom stereocenters. The highest BCUT2D eigenvalue weighted by Gasteiger charge is 2.63. The molecule has 0 aliphatic heterocycles. The largest absolute Gasteiger partial charge is 0.395 e. The minimum absolute atomic E-state index is 0.0603. The summed E-state index contributed by atoms with van der Waals surface area (Å²) in [4.78, 5) is 2.17. The van der Waals surface area contributed by atoms with Gasteiger partial charge in [-0.05, 0) is 117 Å². The van der Waals surface area contributed by atoms with Gasteiger partial charge >= 0.3 is 0 Å². The van der Waals surface area contributed by atoms with Gasteiger partial charge in [0, 0.05) is 19.1 Å². The molecule has 5 N–H and O–H groups in total. The summed E-state index contributed by atoms with van der Waals surface area (Å²) in [6.07, 6.45) is 12.0. The fourth-order valence-electron chi connectivity index (χ4n) is 9.67. The van der Waals surface area contributed by atoms with E-state index < -0.39 is 0 Å². The molecule has 0 saturated heterocycles. The van der Waals surface area contributed by atoms with Gasteiger partial charge in [0.2, 0.25) is 0 Å². The second-order valence-corrected chi connectivity index (χ2v) is 12.9. The highest BCUT2D eigenvalue weighted by molar-refractivity contribution is 5.12. The quantitative estimate of drug-likeness (QED) is 0.418. The van der Waals surface area contributed by atoms with E-state index in [0.29, 0.717) is 48.2 Å². The van der Waals surface area contributed by atoms with E-state index in [1.54, 1.807) is 0 Å². The summed E-state index contributed by atoms with van der Waals surface area (Å²) >= 11 is 0. The maximum atomic E-state index is 11.7. The topological polar surface area (TPSA) is 90.0 Å². The van der Waals surface area contributed by atoms with E-state index in [1.165, 1.54) is 44.9 Å². The molecule has 33 heavy (non-hydrogen) atoms. The Morgan fingerprint density at radius 1 is 0.939 bits per heavy atom. The zero-order valence-electron chi connectivity index (χ0n) is 21.6. The van der Waals surface area contributed by atoms with Crippen LogP contribution in [0.5, 0.6) is 0 Å². The molecular formula is C28H52N2O3. The number of hydrogen-bond donors (Lipinski definition) is 4. The summed E-state index contributed by atoms with van der Waals surface area (Å²) < 4.78 is 0. The molecule has 5 nitrogen and oxygen atoms in total. The van der Waals surface area contributed by atoms with Gasteiger partial charge in [-0.2, -0.15) is 0 Å². The van der Waals surface area contributed by atoms with Crippen molar-refractivity contribution in [1.29, 1.82) is 0 Å². The van der Waals surface area contributed by atoms with E-state index in [4.69, 9.17) is 5.73 Å². The van der Waals surface area contributed by atoms with Gasteiger partial charge < -0.3 is 21.1 Å². The van der Waals surface area contributed by atoms with Gasteiger partial charge in [-0.25, -0.2) is 0 Å². The van der Waals surface area contributed by atoms with Gasteiger partial charge in [0.05, 0.1) is 19.3 Å². The predicted molar refractivity (Wildman–Crippen MR) is 134 cm³/mol. The third-order valence-electron chi connectivity index (χ3n) is 11.5. The van der Waals surface area contributed by atoms with Gasteiger partial charge in [0.25, 0.3) is 0 Å². The SMILES string of the molecule is C[C@H](CCCN(CCO)CCO)[C@H]1CC[C@H]2[C@@H]3CC[C@@H]4C[C@@H](N)CC[C@]4(C)[C@H]3C[C@H](O)[C@]12C. The standard InChI is InChI=1S/C28H52N2O3/c1-19(5-4-12-30(13-15-31)14-16-32)23-8-9-24-22-7-6-20-17-21(29)10-11-27(20,2)25(22)18-26(33)28(23,24)3/h19-26,31-33H,4-18,29H2,1-3H3/t19-,20-,21+,22+,23-,24+,25+,26+,27+,28-/m1/s1. The summed E-state index contributed by atoms with van der Waals surface area (Å²) in [7, 11) is 0. The Morgan fingerprint density at radius 2 is 1.67 bits per heavy atom. The van der Waals surface area contributed by atoms with Crippen LogP contribution < -0.4 is 5.73 Å². The van der Waals surface area contributed by atoms with Crippen LogP contribution in [0.15, 0.2) is 0 Å². The zero-order valence-corrected chi connectivity index (χ0v) is 21.6. The molecule has 10 atom stereocenters. The van der Waals surface area contributed by atoms with E-state index in [1.807, 2.05) is 0 Å². The van der Waals surface area contributed by atoms with Crippen LogP contribution in [0.2, 0.25) is 0 Å². The van der Waals surface area contributed by atoms with E-state index >= 15 is 0 Å². The molecule has 4 saturated carbocycles. The van der Waals surface area contributed by atoms with E-state index in [2.05, 4.69) is 25.7 Å². The molecular weight excluding hydrogens is 412 g/mol. The molecule has 0 aromatic carbocycles. The van der Waals surface area contributed by atoms with Crippen molar-refractivity contribution >= 4 is 0 Å². The highest BCUT2D eigenvalue weighted by Crippen LogP contribution is 2.68. The first-order valence-electron chi connectivity index (χ1n) is 14.1.